The number of aliphatic carboxylic acids is 1. The molecule has 0 radical (unpaired) electrons. The van der Waals surface area contributed by atoms with Gasteiger partial charge in [-0.05, 0) is 70.5 Å². The highest BCUT2D eigenvalue weighted by Gasteiger charge is 2.42. The summed E-state index contributed by atoms with van der Waals surface area (Å²) in [6.07, 6.45) is -2.65. The number of halogens is 3. The number of carboxylic acids is 1. The van der Waals surface area contributed by atoms with Crippen molar-refractivity contribution in [2.24, 2.45) is 5.92 Å². The lowest BCUT2D eigenvalue weighted by Gasteiger charge is -2.37. The van der Waals surface area contributed by atoms with E-state index in [0.29, 0.717) is 11.3 Å². The summed E-state index contributed by atoms with van der Waals surface area (Å²) in [6.45, 7) is 0.206. The summed E-state index contributed by atoms with van der Waals surface area (Å²) in [5, 5.41) is 12.7. The van der Waals surface area contributed by atoms with Crippen LogP contribution in [0.3, 0.4) is 0 Å². The van der Waals surface area contributed by atoms with Gasteiger partial charge in [-0.3, -0.25) is 9.59 Å². The maximum absolute atomic E-state index is 13.7. The van der Waals surface area contributed by atoms with E-state index in [2.05, 4.69) is 5.32 Å². The fraction of sp³-hybridized carbons (Fsp3) is 0.270. The second-order valence-electron chi connectivity index (χ2n) is 12.0. The van der Waals surface area contributed by atoms with Crippen molar-refractivity contribution in [1.29, 1.82) is 0 Å². The molecule has 242 valence electrons. The molecule has 1 aliphatic heterocycles. The van der Waals surface area contributed by atoms with Crippen LogP contribution in [0.1, 0.15) is 40.7 Å². The fourth-order valence-electron chi connectivity index (χ4n) is 5.81. The molecule has 1 heterocycles. The van der Waals surface area contributed by atoms with Crippen LogP contribution in [0.4, 0.5) is 13.2 Å². The number of alkyl halides is 3. The van der Waals surface area contributed by atoms with E-state index in [-0.39, 0.29) is 37.8 Å². The van der Waals surface area contributed by atoms with Crippen molar-refractivity contribution in [1.82, 2.24) is 10.2 Å². The van der Waals surface area contributed by atoms with Crippen LogP contribution in [0.25, 0.3) is 11.1 Å². The molecule has 6 rings (SSSR count). The summed E-state index contributed by atoms with van der Waals surface area (Å²) in [6, 6.07) is 25.3. The van der Waals surface area contributed by atoms with Crippen molar-refractivity contribution < 1.29 is 37.4 Å². The molecule has 47 heavy (non-hydrogen) atoms. The van der Waals surface area contributed by atoms with Crippen LogP contribution < -0.4 is 10.1 Å². The molecule has 0 saturated heterocycles. The van der Waals surface area contributed by atoms with Gasteiger partial charge >= 0.3 is 12.1 Å². The molecule has 7 nitrogen and oxygen atoms in total. The van der Waals surface area contributed by atoms with E-state index in [4.69, 9.17) is 4.74 Å². The predicted octanol–water partition coefficient (Wildman–Crippen LogP) is 6.43. The number of carboxylic acid groups (broad SMARTS) is 1. The van der Waals surface area contributed by atoms with Gasteiger partial charge in [0, 0.05) is 25.3 Å². The fourth-order valence-corrected chi connectivity index (χ4v) is 5.81. The van der Waals surface area contributed by atoms with E-state index < -0.39 is 35.7 Å². The minimum Gasteiger partial charge on any atom is -0.489 e. The van der Waals surface area contributed by atoms with Crippen molar-refractivity contribution >= 4 is 17.8 Å². The van der Waals surface area contributed by atoms with Gasteiger partial charge in [0.1, 0.15) is 24.4 Å². The smallest absolute Gasteiger partial charge is 0.416 e. The first-order valence-electron chi connectivity index (χ1n) is 15.4. The number of nitrogens with zero attached hydrogens (tertiary/aromatic N) is 1. The van der Waals surface area contributed by atoms with Crippen molar-refractivity contribution in [3.63, 3.8) is 0 Å². The van der Waals surface area contributed by atoms with Crippen LogP contribution in [-0.2, 0) is 46.6 Å². The molecule has 0 aromatic heterocycles. The third-order valence-corrected chi connectivity index (χ3v) is 8.62. The van der Waals surface area contributed by atoms with Gasteiger partial charge in [0.25, 0.3) is 0 Å². The van der Waals surface area contributed by atoms with Gasteiger partial charge in [0.2, 0.25) is 11.8 Å². The summed E-state index contributed by atoms with van der Waals surface area (Å²) in [5.74, 6) is -1.52. The van der Waals surface area contributed by atoms with Gasteiger partial charge in [-0.25, -0.2) is 4.79 Å². The van der Waals surface area contributed by atoms with Gasteiger partial charge < -0.3 is 20.1 Å². The average molecular weight is 643 g/mol. The molecule has 0 unspecified atom stereocenters. The first-order chi connectivity index (χ1) is 22.5. The number of carbonyl (C=O) groups is 3. The zero-order valence-electron chi connectivity index (χ0n) is 25.4. The monoisotopic (exact) mass is 642 g/mol. The highest BCUT2D eigenvalue weighted by atomic mass is 19.4. The topological polar surface area (TPSA) is 95.9 Å². The normalized spacial score (nSPS) is 16.6. The minimum atomic E-state index is -4.42. The average Bonchev–Trinajstić information content (AvgIpc) is 3.92. The van der Waals surface area contributed by atoms with E-state index in [1.807, 2.05) is 54.6 Å². The predicted molar refractivity (Wildman–Crippen MR) is 168 cm³/mol. The molecule has 4 aromatic carbocycles. The Morgan fingerprint density at radius 3 is 2.15 bits per heavy atom. The standard InChI is InChI=1S/C37H33F3N2O5/c38-37(39,40)30-15-8-24(9-16-30)22-47-31-17-14-28-20-33(42(21-29(28)19-31)35(44)27-12-13-27)34(43)41-32(36(45)46)18-23-6-10-26(11-7-23)25-4-2-1-3-5-25/h1-11,14-17,19,27,32-33H,12-13,18,20-22H2,(H,41,43)(H,45,46)/t32-,33-/m0/s1. The summed E-state index contributed by atoms with van der Waals surface area (Å²) in [4.78, 5) is 40.8. The molecule has 1 fully saturated rings. The van der Waals surface area contributed by atoms with E-state index in [1.54, 1.807) is 18.2 Å². The van der Waals surface area contributed by atoms with Crippen molar-refractivity contribution in [2.45, 2.75) is 57.1 Å². The van der Waals surface area contributed by atoms with Crippen LogP contribution in [-0.4, -0.2) is 39.9 Å². The number of nitrogens with one attached hydrogen (secondary N) is 1. The van der Waals surface area contributed by atoms with Crippen molar-refractivity contribution in [3.05, 3.63) is 125 Å². The number of fused-ring (bicyclic) bond motifs is 1. The van der Waals surface area contributed by atoms with Crippen molar-refractivity contribution in [2.75, 3.05) is 0 Å². The Balaban J connectivity index is 1.14. The molecule has 0 bridgehead atoms. The Kier molecular flexibility index (Phi) is 9.02. The lowest BCUT2D eigenvalue weighted by atomic mass is 9.92. The largest absolute Gasteiger partial charge is 0.489 e. The number of carbonyl (C=O) groups excluding carboxylic acids is 2. The summed E-state index contributed by atoms with van der Waals surface area (Å²) in [7, 11) is 0. The number of benzene rings is 4. The lowest BCUT2D eigenvalue weighted by Crippen LogP contribution is -2.56. The number of hydrogen-bond acceptors (Lipinski definition) is 4. The Hall–Kier alpha value is -5.12. The number of amides is 2. The SMILES string of the molecule is O=C(O)[C@H](Cc1ccc(-c2ccccc2)cc1)NC(=O)[C@@H]1Cc2ccc(OCc3ccc(C(F)(F)F)cc3)cc2CN1C(=O)C1CC1. The van der Waals surface area contributed by atoms with Crippen LogP contribution in [0.5, 0.6) is 5.75 Å². The first-order valence-corrected chi connectivity index (χ1v) is 15.4. The summed E-state index contributed by atoms with van der Waals surface area (Å²) >= 11 is 0. The minimum absolute atomic E-state index is 0.0538. The quantitative estimate of drug-likeness (QED) is 0.208. The van der Waals surface area contributed by atoms with Gasteiger partial charge in [-0.15, -0.1) is 0 Å². The van der Waals surface area contributed by atoms with E-state index in [0.717, 1.165) is 52.8 Å². The first kappa shape index (κ1) is 31.8. The molecule has 2 amide bonds. The van der Waals surface area contributed by atoms with Crippen LogP contribution in [0.2, 0.25) is 0 Å². The Labute approximate surface area is 270 Å². The highest BCUT2D eigenvalue weighted by Crippen LogP contribution is 2.36. The van der Waals surface area contributed by atoms with E-state index in [1.165, 1.54) is 17.0 Å². The molecule has 1 aliphatic carbocycles. The third kappa shape index (κ3) is 7.65. The molecule has 10 heteroatoms. The Bertz CT molecular complexity index is 1750. The van der Waals surface area contributed by atoms with Gasteiger partial charge in [0.15, 0.2) is 0 Å². The maximum atomic E-state index is 13.7. The zero-order chi connectivity index (χ0) is 33.1. The number of hydrogen-bond donors (Lipinski definition) is 2. The van der Waals surface area contributed by atoms with Gasteiger partial charge in [-0.2, -0.15) is 13.2 Å². The number of rotatable bonds is 10. The van der Waals surface area contributed by atoms with Crippen LogP contribution in [0, 0.1) is 5.92 Å². The second-order valence-corrected chi connectivity index (χ2v) is 12.0. The molecule has 2 atom stereocenters. The number of ether oxygens (including phenoxy) is 1. The molecule has 0 spiro atoms. The molecule has 2 N–H and O–H groups in total. The van der Waals surface area contributed by atoms with E-state index in [9.17, 15) is 32.7 Å². The molecular formula is C37H33F3N2O5. The van der Waals surface area contributed by atoms with Crippen molar-refractivity contribution in [3.8, 4) is 16.9 Å². The zero-order valence-corrected chi connectivity index (χ0v) is 25.4. The maximum Gasteiger partial charge on any atom is 0.416 e. The molecule has 4 aromatic rings. The van der Waals surface area contributed by atoms with Gasteiger partial charge in [0.05, 0.1) is 5.56 Å². The third-order valence-electron chi connectivity index (χ3n) is 8.62. The molecule has 1 saturated carbocycles. The lowest BCUT2D eigenvalue weighted by molar-refractivity contribution is -0.146. The Morgan fingerprint density at radius 2 is 1.51 bits per heavy atom. The van der Waals surface area contributed by atoms with Crippen LogP contribution in [0.15, 0.2) is 97.1 Å². The summed E-state index contributed by atoms with van der Waals surface area (Å²) in [5.41, 5.74) is 4.24. The van der Waals surface area contributed by atoms with Crippen LogP contribution >= 0.6 is 0 Å². The Morgan fingerprint density at radius 1 is 0.851 bits per heavy atom. The molecule has 2 aliphatic rings. The summed E-state index contributed by atoms with van der Waals surface area (Å²) < 4.78 is 44.5. The second kappa shape index (κ2) is 13.3. The molecular weight excluding hydrogens is 609 g/mol. The van der Waals surface area contributed by atoms with E-state index >= 15 is 0 Å². The highest BCUT2D eigenvalue weighted by molar-refractivity contribution is 5.92. The van der Waals surface area contributed by atoms with Gasteiger partial charge in [-0.1, -0.05) is 72.8 Å².